The van der Waals surface area contributed by atoms with Crippen molar-refractivity contribution < 1.29 is 14.3 Å². The Hall–Kier alpha value is -0.670. The molecule has 0 aromatic heterocycles. The molecule has 16 heavy (non-hydrogen) atoms. The highest BCUT2D eigenvalue weighted by molar-refractivity contribution is 5.87. The van der Waals surface area contributed by atoms with Gasteiger partial charge in [-0.3, -0.25) is 4.79 Å². The zero-order chi connectivity index (χ0) is 12.0. The van der Waals surface area contributed by atoms with Crippen molar-refractivity contribution in [3.63, 3.8) is 0 Å². The molecule has 1 rings (SSSR count). The van der Waals surface area contributed by atoms with E-state index < -0.39 is 5.60 Å². The van der Waals surface area contributed by atoms with Gasteiger partial charge in [-0.1, -0.05) is 5.57 Å². The highest BCUT2D eigenvalue weighted by Gasteiger charge is 2.39. The Morgan fingerprint density at radius 2 is 2.00 bits per heavy atom. The third-order valence-electron chi connectivity index (χ3n) is 3.01. The Bertz CT molecular complexity index is 246. The van der Waals surface area contributed by atoms with Gasteiger partial charge in [-0.25, -0.2) is 0 Å². The first-order chi connectivity index (χ1) is 7.60. The van der Waals surface area contributed by atoms with E-state index in [0.29, 0.717) is 39.1 Å². The minimum absolute atomic E-state index is 0.209. The van der Waals surface area contributed by atoms with Crippen molar-refractivity contribution >= 4 is 5.78 Å². The molecule has 0 unspecified atom stereocenters. The lowest BCUT2D eigenvalue weighted by Gasteiger charge is -2.35. The van der Waals surface area contributed by atoms with Crippen LogP contribution in [-0.2, 0) is 14.3 Å². The molecular formula is C13H22O3. The van der Waals surface area contributed by atoms with E-state index in [2.05, 4.69) is 6.58 Å². The standard InChI is InChI=1S/C13H22O3/c1-4-16-13(7-9-15-10-8-13)12(14)6-5-11(2)3/h2,4-10H2,1,3H3. The molecule has 0 aromatic carbocycles. The minimum atomic E-state index is -0.581. The van der Waals surface area contributed by atoms with E-state index >= 15 is 0 Å². The number of Topliss-reactive ketones (excluding diaryl/α,β-unsaturated/α-hetero) is 1. The second-order valence-electron chi connectivity index (χ2n) is 4.42. The van der Waals surface area contributed by atoms with Gasteiger partial charge in [-0.15, -0.1) is 6.58 Å². The number of ketones is 1. The molecule has 0 atom stereocenters. The highest BCUT2D eigenvalue weighted by atomic mass is 16.5. The smallest absolute Gasteiger partial charge is 0.165 e. The molecule has 92 valence electrons. The van der Waals surface area contributed by atoms with Crippen LogP contribution in [-0.4, -0.2) is 31.2 Å². The van der Waals surface area contributed by atoms with Crippen LogP contribution in [0.2, 0.25) is 0 Å². The Balaban J connectivity index is 2.60. The van der Waals surface area contributed by atoms with Crippen molar-refractivity contribution in [3.8, 4) is 0 Å². The number of carbonyl (C=O) groups excluding carboxylic acids is 1. The molecule has 1 saturated heterocycles. The normalized spacial score (nSPS) is 19.4. The summed E-state index contributed by atoms with van der Waals surface area (Å²) in [6, 6.07) is 0. The van der Waals surface area contributed by atoms with E-state index in [1.54, 1.807) is 0 Å². The Kier molecular flexibility index (Phi) is 5.16. The van der Waals surface area contributed by atoms with Gasteiger partial charge in [-0.05, 0) is 20.3 Å². The average Bonchev–Trinajstić information content (AvgIpc) is 2.27. The monoisotopic (exact) mass is 226 g/mol. The topological polar surface area (TPSA) is 35.5 Å². The van der Waals surface area contributed by atoms with Gasteiger partial charge >= 0.3 is 0 Å². The maximum absolute atomic E-state index is 12.2. The minimum Gasteiger partial charge on any atom is -0.381 e. The van der Waals surface area contributed by atoms with Gasteiger partial charge in [0.25, 0.3) is 0 Å². The van der Waals surface area contributed by atoms with Gasteiger partial charge in [0.05, 0.1) is 0 Å². The third kappa shape index (κ3) is 3.42. The summed E-state index contributed by atoms with van der Waals surface area (Å²) in [5, 5.41) is 0. The number of hydrogen-bond acceptors (Lipinski definition) is 3. The van der Waals surface area contributed by atoms with Gasteiger partial charge in [-0.2, -0.15) is 0 Å². The molecule has 3 heteroatoms. The molecule has 1 aliphatic heterocycles. The van der Waals surface area contributed by atoms with Gasteiger partial charge in [0.1, 0.15) is 5.60 Å². The van der Waals surface area contributed by atoms with Crippen molar-refractivity contribution in [2.24, 2.45) is 0 Å². The lowest BCUT2D eigenvalue weighted by Crippen LogP contribution is -2.46. The lowest BCUT2D eigenvalue weighted by molar-refractivity contribution is -0.157. The summed E-state index contributed by atoms with van der Waals surface area (Å²) in [6.07, 6.45) is 2.68. The van der Waals surface area contributed by atoms with E-state index in [1.165, 1.54) is 0 Å². The SMILES string of the molecule is C=C(C)CCC(=O)C1(OCC)CCOCC1. The first-order valence-corrected chi connectivity index (χ1v) is 6.00. The number of hydrogen-bond donors (Lipinski definition) is 0. The zero-order valence-corrected chi connectivity index (χ0v) is 10.4. The second kappa shape index (κ2) is 6.16. The second-order valence-corrected chi connectivity index (χ2v) is 4.42. The van der Waals surface area contributed by atoms with Crippen LogP contribution in [0.5, 0.6) is 0 Å². The van der Waals surface area contributed by atoms with E-state index in [9.17, 15) is 4.79 Å². The predicted molar refractivity (Wildman–Crippen MR) is 63.5 cm³/mol. The maximum Gasteiger partial charge on any atom is 0.165 e. The number of ether oxygens (including phenoxy) is 2. The van der Waals surface area contributed by atoms with Crippen molar-refractivity contribution in [1.29, 1.82) is 0 Å². The van der Waals surface area contributed by atoms with Crippen molar-refractivity contribution in [2.45, 2.75) is 45.1 Å². The number of allylic oxidation sites excluding steroid dienone is 1. The van der Waals surface area contributed by atoms with Crippen LogP contribution < -0.4 is 0 Å². The summed E-state index contributed by atoms with van der Waals surface area (Å²) in [6.45, 7) is 9.54. The summed E-state index contributed by atoms with van der Waals surface area (Å²) in [5.41, 5.74) is 0.467. The fraction of sp³-hybridized carbons (Fsp3) is 0.769. The van der Waals surface area contributed by atoms with Gasteiger partial charge < -0.3 is 9.47 Å². The Labute approximate surface area is 97.8 Å². The summed E-state index contributed by atoms with van der Waals surface area (Å²) in [4.78, 5) is 12.2. The lowest BCUT2D eigenvalue weighted by atomic mass is 9.86. The van der Waals surface area contributed by atoms with Gasteiger partial charge in [0, 0.05) is 39.1 Å². The van der Waals surface area contributed by atoms with Crippen LogP contribution in [0.15, 0.2) is 12.2 Å². The average molecular weight is 226 g/mol. The van der Waals surface area contributed by atoms with Crippen LogP contribution in [0.1, 0.15) is 39.5 Å². The van der Waals surface area contributed by atoms with Crippen molar-refractivity contribution in [3.05, 3.63) is 12.2 Å². The fourth-order valence-corrected chi connectivity index (χ4v) is 2.04. The van der Waals surface area contributed by atoms with Crippen molar-refractivity contribution in [2.75, 3.05) is 19.8 Å². The van der Waals surface area contributed by atoms with Gasteiger partial charge in [0.15, 0.2) is 5.78 Å². The molecule has 1 aliphatic rings. The molecule has 0 radical (unpaired) electrons. The summed E-state index contributed by atoms with van der Waals surface area (Å²) < 4.78 is 11.0. The first-order valence-electron chi connectivity index (χ1n) is 6.00. The molecule has 0 spiro atoms. The predicted octanol–water partition coefficient (Wildman–Crippen LogP) is 2.50. The molecule has 0 N–H and O–H groups in total. The summed E-state index contributed by atoms with van der Waals surface area (Å²) in [5.74, 6) is 0.209. The zero-order valence-electron chi connectivity index (χ0n) is 10.4. The molecule has 0 bridgehead atoms. The van der Waals surface area contributed by atoms with E-state index in [-0.39, 0.29) is 5.78 Å². The number of rotatable bonds is 6. The Morgan fingerprint density at radius 3 is 2.50 bits per heavy atom. The molecular weight excluding hydrogens is 204 g/mol. The van der Waals surface area contributed by atoms with E-state index in [4.69, 9.17) is 9.47 Å². The molecule has 0 aromatic rings. The third-order valence-corrected chi connectivity index (χ3v) is 3.01. The van der Waals surface area contributed by atoms with E-state index in [0.717, 1.165) is 12.0 Å². The largest absolute Gasteiger partial charge is 0.381 e. The van der Waals surface area contributed by atoms with Crippen molar-refractivity contribution in [1.82, 2.24) is 0 Å². The number of carbonyl (C=O) groups is 1. The molecule has 1 fully saturated rings. The molecule has 0 amide bonds. The van der Waals surface area contributed by atoms with Crippen LogP contribution in [0.3, 0.4) is 0 Å². The van der Waals surface area contributed by atoms with E-state index in [1.807, 2.05) is 13.8 Å². The quantitative estimate of drug-likeness (QED) is 0.653. The molecule has 1 heterocycles. The molecule has 0 saturated carbocycles. The van der Waals surface area contributed by atoms with Crippen LogP contribution in [0.25, 0.3) is 0 Å². The fourth-order valence-electron chi connectivity index (χ4n) is 2.04. The Morgan fingerprint density at radius 1 is 1.38 bits per heavy atom. The maximum atomic E-state index is 12.2. The van der Waals surface area contributed by atoms with Gasteiger partial charge in [0.2, 0.25) is 0 Å². The van der Waals surface area contributed by atoms with Crippen LogP contribution in [0, 0.1) is 0 Å². The molecule has 0 aliphatic carbocycles. The molecule has 3 nitrogen and oxygen atoms in total. The first kappa shape index (κ1) is 13.4. The van der Waals surface area contributed by atoms with Crippen LogP contribution in [0.4, 0.5) is 0 Å². The summed E-state index contributed by atoms with van der Waals surface area (Å²) in [7, 11) is 0. The highest BCUT2D eigenvalue weighted by Crippen LogP contribution is 2.28. The summed E-state index contributed by atoms with van der Waals surface area (Å²) >= 11 is 0. The van der Waals surface area contributed by atoms with Crippen LogP contribution >= 0.6 is 0 Å².